The summed E-state index contributed by atoms with van der Waals surface area (Å²) < 4.78 is 39.7. The van der Waals surface area contributed by atoms with E-state index in [1.54, 1.807) is 4.39 Å². The average molecular weight is 135 g/mol. The molecule has 0 aromatic rings. The van der Waals surface area contributed by atoms with Crippen LogP contribution in [0.1, 0.15) is 0 Å². The molecule has 0 spiro atoms. The lowest BCUT2D eigenvalue weighted by molar-refractivity contribution is -0.00520. The Morgan fingerprint density at radius 3 is 1.57 bits per heavy atom. The van der Waals surface area contributed by atoms with Crippen LogP contribution < -0.4 is 6.15 Å². The lowest BCUT2D eigenvalue weighted by Gasteiger charge is -1.71. The Hall–Kier alpha value is -0.270. The van der Waals surface area contributed by atoms with Gasteiger partial charge in [-0.25, -0.2) is 0 Å². The van der Waals surface area contributed by atoms with Crippen LogP contribution in [0.2, 0.25) is 0 Å². The van der Waals surface area contributed by atoms with E-state index < -0.39 is 10.5 Å². The van der Waals surface area contributed by atoms with Crippen LogP contribution in [-0.2, 0) is 14.9 Å². The Bertz CT molecular complexity index is 115. The average Bonchev–Trinajstić information content (AvgIpc) is 1.35. The fourth-order valence-corrected chi connectivity index (χ4v) is 0. The SMILES string of the molecule is N.O=S(=O)(F)OF. The molecule has 0 rings (SSSR count). The van der Waals surface area contributed by atoms with Crippen molar-refractivity contribution in [1.29, 1.82) is 0 Å². The van der Waals surface area contributed by atoms with Crippen molar-refractivity contribution in [1.82, 2.24) is 6.15 Å². The molecule has 0 aromatic heterocycles. The maximum Gasteiger partial charge on any atom is 0.468 e. The quantitative estimate of drug-likeness (QED) is 0.523. The third kappa shape index (κ3) is 10.7. The fraction of sp³-hybridized carbons (Fsp3) is 0. The lowest BCUT2D eigenvalue weighted by Crippen LogP contribution is -1.85. The van der Waals surface area contributed by atoms with Crippen molar-refractivity contribution < 1.29 is 21.2 Å². The highest BCUT2D eigenvalue weighted by Crippen LogP contribution is 1.90. The molecule has 0 heterocycles. The molecule has 0 aromatic carbocycles. The summed E-state index contributed by atoms with van der Waals surface area (Å²) in [5.74, 6) is 0. The van der Waals surface area contributed by atoms with Gasteiger partial charge in [-0.1, -0.05) is 3.89 Å². The molecule has 46 valence electrons. The summed E-state index contributed by atoms with van der Waals surface area (Å²) in [5, 5.41) is 0. The first-order valence-corrected chi connectivity index (χ1v) is 2.12. The van der Waals surface area contributed by atoms with Crippen LogP contribution in [0.4, 0.5) is 8.41 Å². The van der Waals surface area contributed by atoms with Crippen molar-refractivity contribution in [2.75, 3.05) is 0 Å². The zero-order valence-electron chi connectivity index (χ0n) is 3.10. The second-order valence-corrected chi connectivity index (χ2v) is 1.37. The molecule has 0 bridgehead atoms. The number of rotatable bonds is 1. The molecule has 0 atom stereocenters. The van der Waals surface area contributed by atoms with Gasteiger partial charge in [0.2, 0.25) is 0 Å². The molecule has 0 radical (unpaired) electrons. The minimum Gasteiger partial charge on any atom is -0.344 e. The Labute approximate surface area is 39.0 Å². The highest BCUT2D eigenvalue weighted by atomic mass is 32.3. The largest absolute Gasteiger partial charge is 0.468 e. The minimum atomic E-state index is -5.33. The van der Waals surface area contributed by atoms with E-state index in [1.807, 2.05) is 0 Å². The molecule has 7 heavy (non-hydrogen) atoms. The Balaban J connectivity index is 0. The monoisotopic (exact) mass is 135 g/mol. The van der Waals surface area contributed by atoms with Gasteiger partial charge in [0.1, 0.15) is 0 Å². The van der Waals surface area contributed by atoms with Crippen molar-refractivity contribution in [2.24, 2.45) is 0 Å². The first-order chi connectivity index (χ1) is 2.56. The standard InChI is InChI=1S/F2O3S.H3N/c1-5-6(2,3)4;/h;1H3. The molecule has 0 aliphatic heterocycles. The van der Waals surface area contributed by atoms with Gasteiger partial charge in [-0.3, -0.25) is 0 Å². The summed E-state index contributed by atoms with van der Waals surface area (Å²) in [6.45, 7) is 0. The topological polar surface area (TPSA) is 78.4 Å². The first kappa shape index (κ1) is 9.88. The number of halogens is 2. The summed E-state index contributed by atoms with van der Waals surface area (Å²) >= 11 is 0. The van der Waals surface area contributed by atoms with E-state index in [1.165, 1.54) is 0 Å². The van der Waals surface area contributed by atoms with E-state index in [0.29, 0.717) is 0 Å². The molecule has 0 aliphatic rings. The smallest absolute Gasteiger partial charge is 0.344 e. The molecule has 0 unspecified atom stereocenters. The Morgan fingerprint density at radius 1 is 1.43 bits per heavy atom. The maximum atomic E-state index is 10.5. The third-order valence-corrected chi connectivity index (χ3v) is 0.226. The van der Waals surface area contributed by atoms with E-state index in [2.05, 4.69) is 0 Å². The maximum absolute atomic E-state index is 10.5. The normalized spacial score (nSPS) is 10.0. The third-order valence-electron chi connectivity index (χ3n) is 0.0752. The van der Waals surface area contributed by atoms with E-state index in [9.17, 15) is 8.41 Å². The number of hydrogen-bond donors (Lipinski definition) is 1. The Morgan fingerprint density at radius 2 is 1.57 bits per heavy atom. The van der Waals surface area contributed by atoms with Crippen molar-refractivity contribution in [2.45, 2.75) is 0 Å². The first-order valence-electron chi connectivity index (χ1n) is 0.809. The second kappa shape index (κ2) is 2.83. The second-order valence-electron chi connectivity index (χ2n) is 0.456. The minimum absolute atomic E-state index is 0. The molecular weight excluding hydrogens is 132 g/mol. The molecule has 0 saturated heterocycles. The van der Waals surface area contributed by atoms with E-state index in [-0.39, 0.29) is 6.15 Å². The van der Waals surface area contributed by atoms with Crippen molar-refractivity contribution >= 4 is 10.5 Å². The Kier molecular flexibility index (Phi) is 3.99. The summed E-state index contributed by atoms with van der Waals surface area (Å²) in [5.41, 5.74) is 0. The van der Waals surface area contributed by atoms with Crippen molar-refractivity contribution in [3.8, 4) is 0 Å². The van der Waals surface area contributed by atoms with Crippen LogP contribution in [0.3, 0.4) is 0 Å². The van der Waals surface area contributed by atoms with Gasteiger partial charge < -0.3 is 6.15 Å². The van der Waals surface area contributed by atoms with Crippen molar-refractivity contribution in [3.05, 3.63) is 0 Å². The van der Waals surface area contributed by atoms with Gasteiger partial charge in [0.15, 0.2) is 0 Å². The molecule has 0 amide bonds. The van der Waals surface area contributed by atoms with Crippen LogP contribution in [-0.4, -0.2) is 8.42 Å². The van der Waals surface area contributed by atoms with Gasteiger partial charge in [0, 0.05) is 0 Å². The van der Waals surface area contributed by atoms with E-state index in [0.717, 1.165) is 0 Å². The molecular formula is H3F2NO3S. The highest BCUT2D eigenvalue weighted by molar-refractivity contribution is 7.81. The number of hydrogen-bond acceptors (Lipinski definition) is 4. The molecule has 0 fully saturated rings. The molecule has 0 aliphatic carbocycles. The van der Waals surface area contributed by atoms with Crippen LogP contribution in [0.25, 0.3) is 0 Å². The van der Waals surface area contributed by atoms with Gasteiger partial charge in [-0.05, 0) is 8.91 Å². The van der Waals surface area contributed by atoms with Gasteiger partial charge in [0.25, 0.3) is 0 Å². The van der Waals surface area contributed by atoms with Crippen LogP contribution in [0, 0.1) is 0 Å². The van der Waals surface area contributed by atoms with E-state index in [4.69, 9.17) is 8.42 Å². The predicted octanol–water partition coefficient (Wildman–Crippen LogP) is 0.264. The lowest BCUT2D eigenvalue weighted by atomic mass is 14.0. The van der Waals surface area contributed by atoms with Gasteiger partial charge in [0.05, 0.1) is 0 Å². The summed E-state index contributed by atoms with van der Waals surface area (Å²) in [6, 6.07) is 0. The summed E-state index contributed by atoms with van der Waals surface area (Å²) in [7, 11) is -5.33. The highest BCUT2D eigenvalue weighted by Gasteiger charge is 2.03. The van der Waals surface area contributed by atoms with E-state index >= 15 is 0 Å². The van der Waals surface area contributed by atoms with Gasteiger partial charge in [-0.2, -0.15) is 8.42 Å². The fourth-order valence-electron chi connectivity index (χ4n) is 0. The molecule has 4 nitrogen and oxygen atoms in total. The summed E-state index contributed by atoms with van der Waals surface area (Å²) in [6.07, 6.45) is 0. The van der Waals surface area contributed by atoms with Crippen molar-refractivity contribution in [3.63, 3.8) is 0 Å². The molecule has 0 saturated carbocycles. The molecule has 7 heteroatoms. The van der Waals surface area contributed by atoms with Crippen LogP contribution >= 0.6 is 0 Å². The zero-order chi connectivity index (χ0) is 5.21. The van der Waals surface area contributed by atoms with Crippen LogP contribution in [0.5, 0.6) is 0 Å². The van der Waals surface area contributed by atoms with Crippen LogP contribution in [0.15, 0.2) is 0 Å². The van der Waals surface area contributed by atoms with Gasteiger partial charge >= 0.3 is 10.5 Å². The zero-order valence-corrected chi connectivity index (χ0v) is 3.91. The molecule has 3 N–H and O–H groups in total. The summed E-state index contributed by atoms with van der Waals surface area (Å²) in [4.78, 5) is 0. The predicted molar refractivity (Wildman–Crippen MR) is 17.2 cm³/mol. The van der Waals surface area contributed by atoms with Gasteiger partial charge in [-0.15, -0.1) is 0 Å².